The largest absolute Gasteiger partial charge is 0.460 e. The lowest BCUT2D eigenvalue weighted by molar-refractivity contribution is -0.139. The maximum atomic E-state index is 12.9. The first kappa shape index (κ1) is 23.2. The van der Waals surface area contributed by atoms with Crippen LogP contribution in [0.15, 0.2) is 88.7 Å². The second kappa shape index (κ2) is 10.2. The third-order valence-electron chi connectivity index (χ3n) is 4.92. The van der Waals surface area contributed by atoms with Gasteiger partial charge in [0.1, 0.15) is 24.7 Å². The summed E-state index contributed by atoms with van der Waals surface area (Å²) in [6, 6.07) is 10.7. The molecule has 2 heterocycles. The van der Waals surface area contributed by atoms with Gasteiger partial charge in [-0.15, -0.1) is 0 Å². The summed E-state index contributed by atoms with van der Waals surface area (Å²) in [6.45, 7) is 10.7. The number of dihydropyridines is 1. The lowest BCUT2D eigenvalue weighted by atomic mass is 9.83. The molecular weight excluding hydrogens is 430 g/mol. The number of nitrogens with one attached hydrogen (secondary N) is 1. The highest BCUT2D eigenvalue weighted by Gasteiger charge is 2.40. The molecule has 32 heavy (non-hydrogen) atoms. The zero-order valence-corrected chi connectivity index (χ0v) is 18.7. The molecule has 0 bridgehead atoms. The predicted molar refractivity (Wildman–Crippen MR) is 123 cm³/mol. The summed E-state index contributed by atoms with van der Waals surface area (Å²) >= 11 is 6.32. The number of hydrogen-bond acceptors (Lipinski definition) is 6. The average Bonchev–Trinajstić information content (AvgIpc) is 3.25. The third-order valence-corrected chi connectivity index (χ3v) is 5.24. The van der Waals surface area contributed by atoms with Crippen LogP contribution in [0.2, 0.25) is 5.02 Å². The minimum Gasteiger partial charge on any atom is -0.460 e. The molecule has 3 rings (SSSR count). The van der Waals surface area contributed by atoms with Crippen LogP contribution in [0, 0.1) is 0 Å². The van der Waals surface area contributed by atoms with E-state index in [0.717, 1.165) is 0 Å². The fourth-order valence-corrected chi connectivity index (χ4v) is 3.79. The maximum Gasteiger partial charge on any atom is 0.337 e. The molecule has 0 fully saturated rings. The Kier molecular flexibility index (Phi) is 7.38. The molecule has 2 aromatic rings. The number of hydrogen-bond donors (Lipinski definition) is 1. The Morgan fingerprint density at radius 2 is 1.56 bits per heavy atom. The SMILES string of the molecule is C=CCOC(=O)C1=C(C)NC(C)=C(C(=O)OCC=C)C1c1ccc(-c2ccccc2Cl)o1. The van der Waals surface area contributed by atoms with Gasteiger partial charge < -0.3 is 19.2 Å². The van der Waals surface area contributed by atoms with E-state index in [-0.39, 0.29) is 24.4 Å². The van der Waals surface area contributed by atoms with Crippen LogP contribution in [0.1, 0.15) is 25.5 Å². The van der Waals surface area contributed by atoms with Gasteiger partial charge >= 0.3 is 11.9 Å². The summed E-state index contributed by atoms with van der Waals surface area (Å²) in [5.41, 5.74) is 2.31. The highest BCUT2D eigenvalue weighted by Crippen LogP contribution is 2.41. The van der Waals surface area contributed by atoms with Crippen molar-refractivity contribution in [2.24, 2.45) is 0 Å². The first-order valence-electron chi connectivity index (χ1n) is 9.98. The zero-order chi connectivity index (χ0) is 23.3. The molecule has 7 heteroatoms. The Balaban J connectivity index is 2.12. The van der Waals surface area contributed by atoms with Gasteiger partial charge in [0, 0.05) is 17.0 Å². The van der Waals surface area contributed by atoms with Gasteiger partial charge in [-0.2, -0.15) is 0 Å². The number of furan rings is 1. The Labute approximate surface area is 191 Å². The van der Waals surface area contributed by atoms with Crippen molar-refractivity contribution < 1.29 is 23.5 Å². The van der Waals surface area contributed by atoms with Crippen molar-refractivity contribution in [1.82, 2.24) is 5.32 Å². The lowest BCUT2D eigenvalue weighted by Crippen LogP contribution is -2.32. The monoisotopic (exact) mass is 453 g/mol. The minimum atomic E-state index is -0.831. The van der Waals surface area contributed by atoms with E-state index in [1.54, 1.807) is 32.0 Å². The fraction of sp³-hybridized carbons (Fsp3) is 0.200. The van der Waals surface area contributed by atoms with E-state index < -0.39 is 17.9 Å². The zero-order valence-electron chi connectivity index (χ0n) is 17.9. The molecule has 1 aliphatic heterocycles. The second-order valence-corrected chi connectivity index (χ2v) is 7.50. The molecule has 0 amide bonds. The van der Waals surface area contributed by atoms with Crippen LogP contribution >= 0.6 is 11.6 Å². The first-order chi connectivity index (χ1) is 15.4. The summed E-state index contributed by atoms with van der Waals surface area (Å²) in [7, 11) is 0. The van der Waals surface area contributed by atoms with Crippen LogP contribution in [-0.2, 0) is 19.1 Å². The molecule has 1 aromatic heterocycles. The Morgan fingerprint density at radius 1 is 1.00 bits per heavy atom. The maximum absolute atomic E-state index is 12.9. The van der Waals surface area contributed by atoms with E-state index in [4.69, 9.17) is 25.5 Å². The summed E-state index contributed by atoms with van der Waals surface area (Å²) in [5, 5.41) is 3.61. The summed E-state index contributed by atoms with van der Waals surface area (Å²) < 4.78 is 16.7. The van der Waals surface area contributed by atoms with Crippen molar-refractivity contribution in [3.8, 4) is 11.3 Å². The van der Waals surface area contributed by atoms with E-state index in [1.165, 1.54) is 12.2 Å². The molecule has 6 nitrogen and oxygen atoms in total. The Hall–Kier alpha value is -3.51. The summed E-state index contributed by atoms with van der Waals surface area (Å²) in [6.07, 6.45) is 2.95. The van der Waals surface area contributed by atoms with E-state index in [9.17, 15) is 9.59 Å². The first-order valence-corrected chi connectivity index (χ1v) is 10.4. The van der Waals surface area contributed by atoms with Crippen molar-refractivity contribution in [2.75, 3.05) is 13.2 Å². The molecule has 0 saturated heterocycles. The molecule has 0 unspecified atom stereocenters. The molecular formula is C25H24ClNO5. The lowest BCUT2D eigenvalue weighted by Gasteiger charge is -2.29. The van der Waals surface area contributed by atoms with Gasteiger partial charge in [0.25, 0.3) is 0 Å². The molecule has 0 atom stereocenters. The third kappa shape index (κ3) is 4.70. The number of benzene rings is 1. The molecule has 1 aliphatic rings. The van der Waals surface area contributed by atoms with Gasteiger partial charge in [-0.25, -0.2) is 9.59 Å². The number of rotatable bonds is 8. The van der Waals surface area contributed by atoms with E-state index >= 15 is 0 Å². The van der Waals surface area contributed by atoms with Crippen molar-refractivity contribution in [3.63, 3.8) is 0 Å². The van der Waals surface area contributed by atoms with Gasteiger partial charge in [-0.05, 0) is 38.1 Å². The number of carbonyl (C=O) groups excluding carboxylic acids is 2. The van der Waals surface area contributed by atoms with Crippen LogP contribution in [0.3, 0.4) is 0 Å². The van der Waals surface area contributed by atoms with Crippen LogP contribution in [0.4, 0.5) is 0 Å². The Morgan fingerprint density at radius 3 is 2.09 bits per heavy atom. The quantitative estimate of drug-likeness (QED) is 0.432. The topological polar surface area (TPSA) is 77.8 Å². The van der Waals surface area contributed by atoms with Crippen molar-refractivity contribution in [1.29, 1.82) is 0 Å². The molecule has 0 spiro atoms. The minimum absolute atomic E-state index is 0.0320. The number of carbonyl (C=O) groups is 2. The fourth-order valence-electron chi connectivity index (χ4n) is 3.56. The number of esters is 2. The van der Waals surface area contributed by atoms with Crippen LogP contribution in [0.5, 0.6) is 0 Å². The molecule has 0 saturated carbocycles. The smallest absolute Gasteiger partial charge is 0.337 e. The molecule has 1 N–H and O–H groups in total. The van der Waals surface area contributed by atoms with E-state index in [1.807, 2.05) is 18.2 Å². The Bertz CT molecular complexity index is 1080. The molecule has 166 valence electrons. The van der Waals surface area contributed by atoms with Crippen molar-refractivity contribution >= 4 is 23.5 Å². The van der Waals surface area contributed by atoms with Crippen LogP contribution in [-0.4, -0.2) is 25.2 Å². The number of ether oxygens (including phenoxy) is 2. The van der Waals surface area contributed by atoms with E-state index in [0.29, 0.717) is 33.5 Å². The van der Waals surface area contributed by atoms with Crippen molar-refractivity contribution in [3.05, 3.63) is 95.0 Å². The second-order valence-electron chi connectivity index (χ2n) is 7.09. The normalized spacial score (nSPS) is 14.1. The standard InChI is InChI=1S/C25H24ClNO5/c1-5-13-30-24(28)21-15(3)27-16(4)22(25(29)31-14-6-2)23(21)20-12-11-19(32-20)17-9-7-8-10-18(17)26/h5-12,23,27H,1-2,13-14H2,3-4H3. The van der Waals surface area contributed by atoms with Gasteiger partial charge in [0.2, 0.25) is 0 Å². The van der Waals surface area contributed by atoms with Gasteiger partial charge in [-0.3, -0.25) is 0 Å². The highest BCUT2D eigenvalue weighted by atomic mass is 35.5. The van der Waals surface area contributed by atoms with E-state index in [2.05, 4.69) is 18.5 Å². The van der Waals surface area contributed by atoms with Gasteiger partial charge in [-0.1, -0.05) is 49.0 Å². The molecule has 1 aromatic carbocycles. The van der Waals surface area contributed by atoms with Gasteiger partial charge in [0.05, 0.1) is 22.1 Å². The highest BCUT2D eigenvalue weighted by molar-refractivity contribution is 6.33. The number of halogens is 1. The van der Waals surface area contributed by atoms with Crippen molar-refractivity contribution in [2.45, 2.75) is 19.8 Å². The molecule has 0 aliphatic carbocycles. The number of allylic oxidation sites excluding steroid dienone is 2. The molecule has 0 radical (unpaired) electrons. The average molecular weight is 454 g/mol. The van der Waals surface area contributed by atoms with Crippen LogP contribution < -0.4 is 5.32 Å². The summed E-state index contributed by atoms with van der Waals surface area (Å²) in [4.78, 5) is 25.9. The summed E-state index contributed by atoms with van der Waals surface area (Å²) in [5.74, 6) is -1.11. The predicted octanol–water partition coefficient (Wildman–Crippen LogP) is 5.29. The van der Waals surface area contributed by atoms with Gasteiger partial charge in [0.15, 0.2) is 0 Å². The van der Waals surface area contributed by atoms with Crippen LogP contribution in [0.25, 0.3) is 11.3 Å².